The molecular formula is C22H22ClN5O4S. The largest absolute Gasteiger partial charge is 0.339 e. The molecular weight excluding hydrogens is 466 g/mol. The van der Waals surface area contributed by atoms with Gasteiger partial charge in [0.15, 0.2) is 0 Å². The maximum Gasteiger partial charge on any atom is 0.257 e. The summed E-state index contributed by atoms with van der Waals surface area (Å²) in [7, 11) is -3.78. The Kier molecular flexibility index (Phi) is 6.50. The summed E-state index contributed by atoms with van der Waals surface area (Å²) in [6, 6.07) is 12.8. The van der Waals surface area contributed by atoms with Crippen LogP contribution in [0.3, 0.4) is 0 Å². The average molecular weight is 488 g/mol. The highest BCUT2D eigenvalue weighted by Gasteiger charge is 2.28. The van der Waals surface area contributed by atoms with E-state index >= 15 is 0 Å². The van der Waals surface area contributed by atoms with Gasteiger partial charge < -0.3 is 10.2 Å². The van der Waals surface area contributed by atoms with E-state index in [9.17, 15) is 18.0 Å². The van der Waals surface area contributed by atoms with Gasteiger partial charge in [-0.15, -0.1) is 0 Å². The number of likely N-dealkylation sites (tertiary alicyclic amines) is 1. The fourth-order valence-corrected chi connectivity index (χ4v) is 4.31. The molecule has 2 aromatic carbocycles. The van der Waals surface area contributed by atoms with Crippen LogP contribution in [0.4, 0.5) is 5.69 Å². The topological polar surface area (TPSA) is 127 Å². The summed E-state index contributed by atoms with van der Waals surface area (Å²) in [5.41, 5.74) is 1.76. The standard InChI is InChI=1S/C22H22ClN5O4S/c23-17-1-5-19(6-2-17)28-14-16(13-25-28)22(30)27-11-9-15(10-12-27)21(29)26-18-3-7-20(8-4-18)33(24,31)32/h1-8,13-15H,9-12H2,(H,26,29)(H2,24,31,32). The molecule has 0 saturated carbocycles. The number of nitrogens with one attached hydrogen (secondary N) is 1. The second kappa shape index (κ2) is 9.34. The highest BCUT2D eigenvalue weighted by molar-refractivity contribution is 7.89. The van der Waals surface area contributed by atoms with E-state index in [4.69, 9.17) is 16.7 Å². The Hall–Kier alpha value is -3.21. The molecule has 172 valence electrons. The van der Waals surface area contributed by atoms with Crippen molar-refractivity contribution in [2.45, 2.75) is 17.7 Å². The molecule has 33 heavy (non-hydrogen) atoms. The Morgan fingerprint density at radius 3 is 2.27 bits per heavy atom. The number of aromatic nitrogens is 2. The Morgan fingerprint density at radius 1 is 1.03 bits per heavy atom. The molecule has 1 aliphatic rings. The van der Waals surface area contributed by atoms with Gasteiger partial charge in [0.25, 0.3) is 5.91 Å². The molecule has 0 spiro atoms. The SMILES string of the molecule is NS(=O)(=O)c1ccc(NC(=O)C2CCN(C(=O)c3cnn(-c4ccc(Cl)cc4)c3)CC2)cc1. The molecule has 0 radical (unpaired) electrons. The average Bonchev–Trinajstić information content (AvgIpc) is 3.29. The van der Waals surface area contributed by atoms with Gasteiger partial charge >= 0.3 is 0 Å². The molecule has 1 aromatic heterocycles. The lowest BCUT2D eigenvalue weighted by Crippen LogP contribution is -2.41. The molecule has 0 unspecified atom stereocenters. The van der Waals surface area contributed by atoms with Crippen LogP contribution < -0.4 is 10.5 Å². The van der Waals surface area contributed by atoms with Crippen molar-refractivity contribution in [1.82, 2.24) is 14.7 Å². The molecule has 4 rings (SSSR count). The number of benzene rings is 2. The van der Waals surface area contributed by atoms with Crippen LogP contribution in [-0.4, -0.2) is 48.0 Å². The van der Waals surface area contributed by atoms with Crippen LogP contribution in [0.25, 0.3) is 5.69 Å². The molecule has 2 amide bonds. The third-order valence-electron chi connectivity index (χ3n) is 5.52. The van der Waals surface area contributed by atoms with Crippen LogP contribution >= 0.6 is 11.6 Å². The number of nitrogens with zero attached hydrogens (tertiary/aromatic N) is 3. The van der Waals surface area contributed by atoms with Gasteiger partial charge in [-0.25, -0.2) is 18.2 Å². The van der Waals surface area contributed by atoms with Gasteiger partial charge in [-0.05, 0) is 61.4 Å². The summed E-state index contributed by atoms with van der Waals surface area (Å²) >= 11 is 5.91. The predicted octanol–water partition coefficient (Wildman–Crippen LogP) is 2.66. The molecule has 3 N–H and O–H groups in total. The quantitative estimate of drug-likeness (QED) is 0.572. The second-order valence-corrected chi connectivity index (χ2v) is 9.77. The van der Waals surface area contributed by atoms with E-state index in [-0.39, 0.29) is 22.6 Å². The molecule has 9 nitrogen and oxygen atoms in total. The summed E-state index contributed by atoms with van der Waals surface area (Å²) in [4.78, 5) is 27.2. The van der Waals surface area contributed by atoms with Crippen LogP contribution in [0.5, 0.6) is 0 Å². The summed E-state index contributed by atoms with van der Waals surface area (Å²) in [6.45, 7) is 0.904. The minimum absolute atomic E-state index is 0.0216. The Morgan fingerprint density at radius 2 is 1.67 bits per heavy atom. The number of hydrogen-bond donors (Lipinski definition) is 2. The van der Waals surface area contributed by atoms with Crippen molar-refractivity contribution < 1.29 is 18.0 Å². The van der Waals surface area contributed by atoms with Gasteiger partial charge in [-0.3, -0.25) is 9.59 Å². The van der Waals surface area contributed by atoms with E-state index < -0.39 is 10.0 Å². The van der Waals surface area contributed by atoms with Crippen LogP contribution in [0.2, 0.25) is 5.02 Å². The van der Waals surface area contributed by atoms with Gasteiger partial charge in [0.05, 0.1) is 22.3 Å². The van der Waals surface area contributed by atoms with E-state index in [1.807, 2.05) is 12.1 Å². The maximum absolute atomic E-state index is 12.9. The molecule has 0 bridgehead atoms. The van der Waals surface area contributed by atoms with Gasteiger partial charge in [0.1, 0.15) is 0 Å². The third-order valence-corrected chi connectivity index (χ3v) is 6.71. The third kappa shape index (κ3) is 5.41. The smallest absolute Gasteiger partial charge is 0.257 e. The van der Waals surface area contributed by atoms with Crippen molar-refractivity contribution in [3.05, 3.63) is 71.5 Å². The van der Waals surface area contributed by atoms with Gasteiger partial charge in [0.2, 0.25) is 15.9 Å². The van der Waals surface area contributed by atoms with Gasteiger partial charge in [-0.1, -0.05) is 11.6 Å². The van der Waals surface area contributed by atoms with E-state index in [1.165, 1.54) is 30.5 Å². The monoisotopic (exact) mass is 487 g/mol. The molecule has 1 fully saturated rings. The first-order valence-corrected chi connectivity index (χ1v) is 12.2. The number of nitrogens with two attached hydrogens (primary N) is 1. The van der Waals surface area contributed by atoms with Crippen molar-refractivity contribution >= 4 is 39.1 Å². The Bertz CT molecular complexity index is 1260. The van der Waals surface area contributed by atoms with E-state index in [1.54, 1.807) is 27.9 Å². The molecule has 0 aliphatic carbocycles. The fourth-order valence-electron chi connectivity index (χ4n) is 3.67. The zero-order valence-electron chi connectivity index (χ0n) is 17.5. The Balaban J connectivity index is 1.32. The van der Waals surface area contributed by atoms with Crippen molar-refractivity contribution in [2.24, 2.45) is 11.1 Å². The summed E-state index contributed by atoms with van der Waals surface area (Å²) in [5, 5.41) is 12.8. The van der Waals surface area contributed by atoms with E-state index in [0.29, 0.717) is 42.2 Å². The first-order valence-electron chi connectivity index (χ1n) is 10.2. The lowest BCUT2D eigenvalue weighted by Gasteiger charge is -2.31. The number of halogens is 1. The van der Waals surface area contributed by atoms with Crippen molar-refractivity contribution in [1.29, 1.82) is 0 Å². The normalized spacial score (nSPS) is 14.8. The summed E-state index contributed by atoms with van der Waals surface area (Å²) < 4.78 is 24.3. The van der Waals surface area contributed by atoms with Crippen LogP contribution in [0, 0.1) is 5.92 Å². The van der Waals surface area contributed by atoms with Crippen LogP contribution in [-0.2, 0) is 14.8 Å². The van der Waals surface area contributed by atoms with Crippen LogP contribution in [0.1, 0.15) is 23.2 Å². The number of primary sulfonamides is 1. The summed E-state index contributed by atoms with van der Waals surface area (Å²) in [5.74, 6) is -0.544. The van der Waals surface area contributed by atoms with Gasteiger partial charge in [-0.2, -0.15) is 5.10 Å². The number of rotatable bonds is 5. The van der Waals surface area contributed by atoms with E-state index in [2.05, 4.69) is 10.4 Å². The number of carbonyl (C=O) groups is 2. The number of anilines is 1. The molecule has 3 aromatic rings. The van der Waals surface area contributed by atoms with E-state index in [0.717, 1.165) is 5.69 Å². The number of sulfonamides is 1. The number of piperidine rings is 1. The number of amides is 2. The minimum Gasteiger partial charge on any atom is -0.339 e. The minimum atomic E-state index is -3.78. The van der Waals surface area contributed by atoms with Crippen molar-refractivity contribution in [3.8, 4) is 5.69 Å². The lowest BCUT2D eigenvalue weighted by atomic mass is 9.95. The number of hydrogen-bond acceptors (Lipinski definition) is 5. The first-order chi connectivity index (χ1) is 15.7. The lowest BCUT2D eigenvalue weighted by molar-refractivity contribution is -0.121. The Labute approximate surface area is 196 Å². The highest BCUT2D eigenvalue weighted by atomic mass is 35.5. The number of carbonyl (C=O) groups excluding carboxylic acids is 2. The fraction of sp³-hybridized carbons (Fsp3) is 0.227. The maximum atomic E-state index is 12.9. The van der Waals surface area contributed by atoms with Gasteiger partial charge in [0, 0.05) is 35.9 Å². The molecule has 2 heterocycles. The van der Waals surface area contributed by atoms with Crippen LogP contribution in [0.15, 0.2) is 65.8 Å². The highest BCUT2D eigenvalue weighted by Crippen LogP contribution is 2.22. The van der Waals surface area contributed by atoms with Crippen molar-refractivity contribution in [3.63, 3.8) is 0 Å². The first kappa shape index (κ1) is 23.0. The second-order valence-electron chi connectivity index (χ2n) is 7.78. The zero-order chi connectivity index (χ0) is 23.6. The molecule has 11 heteroatoms. The molecule has 1 saturated heterocycles. The summed E-state index contributed by atoms with van der Waals surface area (Å²) in [6.07, 6.45) is 4.26. The predicted molar refractivity (Wildman–Crippen MR) is 124 cm³/mol. The molecule has 0 atom stereocenters. The van der Waals surface area contributed by atoms with Crippen molar-refractivity contribution in [2.75, 3.05) is 18.4 Å². The zero-order valence-corrected chi connectivity index (χ0v) is 19.1. The molecule has 1 aliphatic heterocycles.